The summed E-state index contributed by atoms with van der Waals surface area (Å²) < 4.78 is 5.45. The Morgan fingerprint density at radius 2 is 1.89 bits per heavy atom. The van der Waals surface area contributed by atoms with Gasteiger partial charge in [0.15, 0.2) is 0 Å². The number of hydrogen-bond acceptors (Lipinski definition) is 6. The molecule has 1 saturated heterocycles. The summed E-state index contributed by atoms with van der Waals surface area (Å²) in [6.45, 7) is 6.89. The number of nitriles is 2. The van der Waals surface area contributed by atoms with Crippen LogP contribution in [0.15, 0.2) is 48.8 Å². The summed E-state index contributed by atoms with van der Waals surface area (Å²) in [6, 6.07) is 15.3. The van der Waals surface area contributed by atoms with Crippen LogP contribution < -0.4 is 5.32 Å². The second kappa shape index (κ2) is 10.0. The molecule has 7 heteroatoms. The van der Waals surface area contributed by atoms with E-state index in [1.807, 2.05) is 31.2 Å². The molecule has 0 bridgehead atoms. The third-order valence-electron chi connectivity index (χ3n) is 6.40. The molecule has 1 aromatic carbocycles. The first-order valence-electron chi connectivity index (χ1n) is 11.6. The minimum atomic E-state index is -0.796. The van der Waals surface area contributed by atoms with Crippen molar-refractivity contribution in [1.82, 2.24) is 9.97 Å². The molecule has 4 rings (SSSR count). The fourth-order valence-electron chi connectivity index (χ4n) is 4.19. The Kier molecular flexibility index (Phi) is 6.91. The van der Waals surface area contributed by atoms with Crippen LogP contribution in [0.1, 0.15) is 65.5 Å². The number of carbonyl (C=O) groups excluding carboxylic acids is 1. The summed E-state index contributed by atoms with van der Waals surface area (Å²) >= 11 is 0. The van der Waals surface area contributed by atoms with Crippen LogP contribution in [0.2, 0.25) is 0 Å². The molecule has 3 heterocycles. The molecule has 0 saturated carbocycles. The number of nitrogens with zero attached hydrogens (tertiary/aromatic N) is 4. The van der Waals surface area contributed by atoms with Crippen molar-refractivity contribution in [2.75, 3.05) is 18.5 Å². The molecule has 35 heavy (non-hydrogen) atoms. The highest BCUT2D eigenvalue weighted by Crippen LogP contribution is 2.32. The Hall–Kier alpha value is -4.07. The van der Waals surface area contributed by atoms with Crippen LogP contribution in [0.5, 0.6) is 0 Å². The molecule has 176 valence electrons. The summed E-state index contributed by atoms with van der Waals surface area (Å²) in [5, 5.41) is 22.1. The van der Waals surface area contributed by atoms with Crippen molar-refractivity contribution in [3.05, 3.63) is 76.9 Å². The highest BCUT2D eigenvalue weighted by atomic mass is 16.5. The molecule has 7 nitrogen and oxygen atoms in total. The van der Waals surface area contributed by atoms with Gasteiger partial charge in [-0.3, -0.25) is 14.8 Å². The maximum atomic E-state index is 12.9. The predicted molar refractivity (Wildman–Crippen MR) is 133 cm³/mol. The Labute approximate surface area is 205 Å². The van der Waals surface area contributed by atoms with E-state index in [-0.39, 0.29) is 11.8 Å². The van der Waals surface area contributed by atoms with Gasteiger partial charge in [0, 0.05) is 48.3 Å². The number of ether oxygens (including phenoxy) is 1. The molecule has 3 aromatic rings. The van der Waals surface area contributed by atoms with Gasteiger partial charge in [-0.1, -0.05) is 6.07 Å². The van der Waals surface area contributed by atoms with E-state index in [9.17, 15) is 15.3 Å². The van der Waals surface area contributed by atoms with E-state index in [1.54, 1.807) is 38.4 Å². The van der Waals surface area contributed by atoms with E-state index in [0.717, 1.165) is 35.2 Å². The SMILES string of the molecule is Cc1ccc(NC(=O)c2ccnc(C(C)(C)C#N)c2)cc1-c1cnc(C2CCOCC2)c(C#N)c1. The molecule has 0 aliphatic carbocycles. The van der Waals surface area contributed by atoms with Crippen LogP contribution in [-0.4, -0.2) is 29.1 Å². The predicted octanol–water partition coefficient (Wildman–Crippen LogP) is 5.27. The van der Waals surface area contributed by atoms with E-state index in [1.165, 1.54) is 0 Å². The van der Waals surface area contributed by atoms with E-state index in [2.05, 4.69) is 27.4 Å². The molecule has 1 aliphatic rings. The molecular weight excluding hydrogens is 438 g/mol. The Balaban J connectivity index is 1.60. The molecular formula is C28H27N5O2. The normalized spacial score (nSPS) is 14.1. The quantitative estimate of drug-likeness (QED) is 0.549. The van der Waals surface area contributed by atoms with Gasteiger partial charge in [0.05, 0.1) is 28.4 Å². The van der Waals surface area contributed by atoms with E-state index < -0.39 is 5.41 Å². The zero-order valence-corrected chi connectivity index (χ0v) is 20.1. The van der Waals surface area contributed by atoms with Crippen LogP contribution >= 0.6 is 0 Å². The van der Waals surface area contributed by atoms with Crippen molar-refractivity contribution in [1.29, 1.82) is 10.5 Å². The lowest BCUT2D eigenvalue weighted by atomic mass is 9.90. The highest BCUT2D eigenvalue weighted by Gasteiger charge is 2.23. The topological polar surface area (TPSA) is 112 Å². The van der Waals surface area contributed by atoms with Crippen molar-refractivity contribution < 1.29 is 9.53 Å². The van der Waals surface area contributed by atoms with Crippen LogP contribution in [0.4, 0.5) is 5.69 Å². The van der Waals surface area contributed by atoms with Crippen molar-refractivity contribution in [2.45, 2.75) is 44.9 Å². The Morgan fingerprint density at radius 1 is 1.11 bits per heavy atom. The number of nitrogens with one attached hydrogen (secondary N) is 1. The van der Waals surface area contributed by atoms with Gasteiger partial charge in [-0.05, 0) is 75.1 Å². The first kappa shape index (κ1) is 24.1. The molecule has 0 unspecified atom stereocenters. The molecule has 1 aliphatic heterocycles. The first-order valence-corrected chi connectivity index (χ1v) is 11.6. The molecule has 0 radical (unpaired) electrons. The first-order chi connectivity index (χ1) is 16.8. The lowest BCUT2D eigenvalue weighted by Crippen LogP contribution is -2.18. The molecule has 0 spiro atoms. The average Bonchev–Trinajstić information content (AvgIpc) is 2.90. The fraction of sp³-hybridized carbons (Fsp3) is 0.321. The van der Waals surface area contributed by atoms with Gasteiger partial charge >= 0.3 is 0 Å². The second-order valence-electron chi connectivity index (χ2n) is 9.31. The number of aryl methyl sites for hydroxylation is 1. The standard InChI is InChI=1S/C28H27N5O2/c1-18-4-5-23(33-27(34)20-6-9-31-25(13-20)28(2,3)17-30)14-24(18)22-12-21(15-29)26(32-16-22)19-7-10-35-11-8-19/h4-6,9,12-14,16,19H,7-8,10-11H2,1-3H3,(H,33,34). The number of amides is 1. The Bertz CT molecular complexity index is 1340. The summed E-state index contributed by atoms with van der Waals surface area (Å²) in [7, 11) is 0. The molecule has 2 aromatic heterocycles. The van der Waals surface area contributed by atoms with Crippen molar-refractivity contribution >= 4 is 11.6 Å². The fourth-order valence-corrected chi connectivity index (χ4v) is 4.19. The number of benzene rings is 1. The van der Waals surface area contributed by atoms with Gasteiger partial charge in [0.2, 0.25) is 0 Å². The van der Waals surface area contributed by atoms with Gasteiger partial charge < -0.3 is 10.1 Å². The molecule has 1 fully saturated rings. The van der Waals surface area contributed by atoms with Crippen LogP contribution in [-0.2, 0) is 10.2 Å². The Morgan fingerprint density at radius 3 is 2.60 bits per heavy atom. The molecule has 1 amide bonds. The van der Waals surface area contributed by atoms with Gasteiger partial charge in [0.1, 0.15) is 6.07 Å². The monoisotopic (exact) mass is 465 g/mol. The number of anilines is 1. The lowest BCUT2D eigenvalue weighted by molar-refractivity contribution is 0.0844. The molecule has 0 atom stereocenters. The van der Waals surface area contributed by atoms with E-state index in [4.69, 9.17) is 4.74 Å². The number of rotatable bonds is 5. The van der Waals surface area contributed by atoms with Crippen LogP contribution in [0.25, 0.3) is 11.1 Å². The summed E-state index contributed by atoms with van der Waals surface area (Å²) in [4.78, 5) is 21.9. The third kappa shape index (κ3) is 5.21. The van der Waals surface area contributed by atoms with Gasteiger partial charge in [-0.15, -0.1) is 0 Å². The maximum Gasteiger partial charge on any atom is 0.255 e. The van der Waals surface area contributed by atoms with Gasteiger partial charge in [0.25, 0.3) is 5.91 Å². The summed E-state index contributed by atoms with van der Waals surface area (Å²) in [5.74, 6) is -0.0571. The largest absolute Gasteiger partial charge is 0.381 e. The van der Waals surface area contributed by atoms with E-state index >= 15 is 0 Å². The van der Waals surface area contributed by atoms with Gasteiger partial charge in [-0.2, -0.15) is 10.5 Å². The number of pyridine rings is 2. The summed E-state index contributed by atoms with van der Waals surface area (Å²) in [5.41, 5.74) is 4.93. The molecule has 1 N–H and O–H groups in total. The minimum Gasteiger partial charge on any atom is -0.381 e. The van der Waals surface area contributed by atoms with Crippen molar-refractivity contribution in [3.8, 4) is 23.3 Å². The smallest absolute Gasteiger partial charge is 0.255 e. The average molecular weight is 466 g/mol. The summed E-state index contributed by atoms with van der Waals surface area (Å²) in [6.07, 6.45) is 5.07. The van der Waals surface area contributed by atoms with Crippen molar-refractivity contribution in [2.24, 2.45) is 0 Å². The lowest BCUT2D eigenvalue weighted by Gasteiger charge is -2.22. The van der Waals surface area contributed by atoms with Crippen LogP contribution in [0, 0.1) is 29.6 Å². The third-order valence-corrected chi connectivity index (χ3v) is 6.40. The van der Waals surface area contributed by atoms with E-state index in [0.29, 0.717) is 35.7 Å². The minimum absolute atomic E-state index is 0.232. The number of aromatic nitrogens is 2. The van der Waals surface area contributed by atoms with Crippen LogP contribution in [0.3, 0.4) is 0 Å². The van der Waals surface area contributed by atoms with Gasteiger partial charge in [-0.25, -0.2) is 0 Å². The number of hydrogen-bond donors (Lipinski definition) is 1. The maximum absolute atomic E-state index is 12.9. The van der Waals surface area contributed by atoms with Crippen molar-refractivity contribution in [3.63, 3.8) is 0 Å². The zero-order valence-electron chi connectivity index (χ0n) is 20.1. The second-order valence-corrected chi connectivity index (χ2v) is 9.31. The zero-order chi connectivity index (χ0) is 25.0. The number of carbonyl (C=O) groups is 1. The highest BCUT2D eigenvalue weighted by molar-refractivity contribution is 6.04.